The second-order valence-electron chi connectivity index (χ2n) is 7.01. The van der Waals surface area contributed by atoms with Gasteiger partial charge in [-0.15, -0.1) is 0 Å². The van der Waals surface area contributed by atoms with Crippen molar-refractivity contribution >= 4 is 5.91 Å². The number of benzene rings is 2. The third-order valence-corrected chi connectivity index (χ3v) is 4.94. The average molecular weight is 372 g/mol. The predicted molar refractivity (Wildman–Crippen MR) is 102 cm³/mol. The number of hydrogen-bond acceptors (Lipinski definition) is 4. The Bertz CT molecular complexity index is 817. The number of nitrogens with zero attached hydrogens (tertiary/aromatic N) is 1. The van der Waals surface area contributed by atoms with Crippen LogP contribution in [0.3, 0.4) is 0 Å². The predicted octanol–water partition coefficient (Wildman–Crippen LogP) is 3.24. The first kappa shape index (κ1) is 19.2. The van der Waals surface area contributed by atoms with Crippen LogP contribution in [0.15, 0.2) is 36.4 Å². The number of amides is 1. The summed E-state index contributed by atoms with van der Waals surface area (Å²) in [5.41, 5.74) is 2.14. The number of hydrogen-bond donors (Lipinski definition) is 2. The smallest absolute Gasteiger partial charge is 0.255 e. The summed E-state index contributed by atoms with van der Waals surface area (Å²) in [7, 11) is 1.45. The van der Waals surface area contributed by atoms with Crippen LogP contribution < -0.4 is 10.1 Å². The molecule has 1 fully saturated rings. The molecule has 0 aliphatic carbocycles. The molecule has 1 amide bonds. The van der Waals surface area contributed by atoms with E-state index in [9.17, 15) is 14.3 Å². The molecule has 0 saturated carbocycles. The molecule has 0 spiro atoms. The van der Waals surface area contributed by atoms with Gasteiger partial charge in [0.15, 0.2) is 11.6 Å². The number of ether oxygens (including phenoxy) is 1. The van der Waals surface area contributed by atoms with E-state index in [1.165, 1.54) is 13.2 Å². The van der Waals surface area contributed by atoms with E-state index in [2.05, 4.69) is 10.2 Å². The Hall–Kier alpha value is -2.60. The van der Waals surface area contributed by atoms with Crippen LogP contribution in [0.2, 0.25) is 0 Å². The van der Waals surface area contributed by atoms with Crippen LogP contribution in [0.5, 0.6) is 11.5 Å². The number of likely N-dealkylation sites (tertiary alicyclic amines) is 1. The van der Waals surface area contributed by atoms with E-state index in [0.717, 1.165) is 37.1 Å². The van der Waals surface area contributed by atoms with E-state index >= 15 is 0 Å². The first-order valence-electron chi connectivity index (χ1n) is 9.11. The minimum absolute atomic E-state index is 0.00271. The monoisotopic (exact) mass is 372 g/mol. The van der Waals surface area contributed by atoms with Gasteiger partial charge in [0, 0.05) is 25.7 Å². The maximum absolute atomic E-state index is 13.8. The van der Waals surface area contributed by atoms with Gasteiger partial charge in [-0.05, 0) is 49.6 Å². The van der Waals surface area contributed by atoms with Crippen LogP contribution in [0.1, 0.15) is 34.3 Å². The first-order chi connectivity index (χ1) is 13.0. The third kappa shape index (κ3) is 4.77. The highest BCUT2D eigenvalue weighted by atomic mass is 19.1. The van der Waals surface area contributed by atoms with Crippen LogP contribution in [0, 0.1) is 12.7 Å². The molecular formula is C21H25FN2O3. The Morgan fingerprint density at radius 1 is 1.26 bits per heavy atom. The lowest BCUT2D eigenvalue weighted by atomic mass is 10.0. The normalized spacial score (nSPS) is 15.5. The number of piperidine rings is 1. The quantitative estimate of drug-likeness (QED) is 0.846. The van der Waals surface area contributed by atoms with Gasteiger partial charge in [0.1, 0.15) is 5.75 Å². The number of phenolic OH excluding ortho intramolecular Hbond substituents is 1. The third-order valence-electron chi connectivity index (χ3n) is 4.94. The van der Waals surface area contributed by atoms with Crippen LogP contribution in [0.4, 0.5) is 4.39 Å². The Balaban J connectivity index is 1.52. The zero-order valence-electron chi connectivity index (χ0n) is 15.7. The molecule has 2 N–H and O–H groups in total. The molecule has 1 aliphatic rings. The number of aryl methyl sites for hydroxylation is 1. The SMILES string of the molecule is COc1ccc(CN2CCC(NC(=O)c3cc(C)ccc3O)CC2)cc1F. The van der Waals surface area contributed by atoms with E-state index in [1.807, 2.05) is 13.0 Å². The van der Waals surface area contributed by atoms with Gasteiger partial charge in [-0.25, -0.2) is 4.39 Å². The van der Waals surface area contributed by atoms with Gasteiger partial charge in [0.05, 0.1) is 12.7 Å². The van der Waals surface area contributed by atoms with Crippen LogP contribution in [0.25, 0.3) is 0 Å². The van der Waals surface area contributed by atoms with Crippen LogP contribution in [-0.2, 0) is 6.54 Å². The summed E-state index contributed by atoms with van der Waals surface area (Å²) >= 11 is 0. The number of rotatable bonds is 5. The number of carbonyl (C=O) groups is 1. The molecule has 0 unspecified atom stereocenters. The van der Waals surface area contributed by atoms with Crippen molar-refractivity contribution in [3.63, 3.8) is 0 Å². The minimum atomic E-state index is -0.352. The molecule has 0 aromatic heterocycles. The second-order valence-corrected chi connectivity index (χ2v) is 7.01. The van der Waals surface area contributed by atoms with Gasteiger partial charge in [0.25, 0.3) is 5.91 Å². The molecule has 0 bridgehead atoms. The lowest BCUT2D eigenvalue weighted by Gasteiger charge is -2.32. The molecule has 0 atom stereocenters. The number of nitrogens with one attached hydrogen (secondary N) is 1. The molecule has 1 saturated heterocycles. The minimum Gasteiger partial charge on any atom is -0.507 e. The lowest BCUT2D eigenvalue weighted by molar-refractivity contribution is 0.0906. The molecule has 2 aromatic rings. The maximum atomic E-state index is 13.8. The summed E-state index contributed by atoms with van der Waals surface area (Å²) in [6.07, 6.45) is 1.63. The molecule has 5 nitrogen and oxygen atoms in total. The van der Waals surface area contributed by atoms with E-state index in [-0.39, 0.29) is 29.3 Å². The fourth-order valence-electron chi connectivity index (χ4n) is 3.40. The van der Waals surface area contributed by atoms with Crippen molar-refractivity contribution < 1.29 is 19.0 Å². The van der Waals surface area contributed by atoms with Gasteiger partial charge in [-0.1, -0.05) is 17.7 Å². The Kier molecular flexibility index (Phi) is 5.96. The summed E-state index contributed by atoms with van der Waals surface area (Å²) < 4.78 is 18.8. The molecule has 27 heavy (non-hydrogen) atoms. The highest BCUT2D eigenvalue weighted by Gasteiger charge is 2.22. The topological polar surface area (TPSA) is 61.8 Å². The Morgan fingerprint density at radius 3 is 2.67 bits per heavy atom. The average Bonchev–Trinajstić information content (AvgIpc) is 2.65. The summed E-state index contributed by atoms with van der Waals surface area (Å²) in [5.74, 6) is -0.348. The molecule has 1 aliphatic heterocycles. The molecule has 0 radical (unpaired) electrons. The fourth-order valence-corrected chi connectivity index (χ4v) is 3.40. The van der Waals surface area contributed by atoms with Gasteiger partial charge in [0.2, 0.25) is 0 Å². The Morgan fingerprint density at radius 2 is 2.00 bits per heavy atom. The van der Waals surface area contributed by atoms with Gasteiger partial charge >= 0.3 is 0 Å². The van der Waals surface area contributed by atoms with Crippen molar-refractivity contribution in [1.82, 2.24) is 10.2 Å². The summed E-state index contributed by atoms with van der Waals surface area (Å²) in [6, 6.07) is 10.1. The number of phenols is 1. The highest BCUT2D eigenvalue weighted by Crippen LogP contribution is 2.21. The molecular weight excluding hydrogens is 347 g/mol. The largest absolute Gasteiger partial charge is 0.507 e. The number of aromatic hydroxyl groups is 1. The molecule has 3 rings (SSSR count). The zero-order chi connectivity index (χ0) is 19.4. The summed E-state index contributed by atoms with van der Waals surface area (Å²) in [6.45, 7) is 4.19. The lowest BCUT2D eigenvalue weighted by Crippen LogP contribution is -2.44. The van der Waals surface area contributed by atoms with E-state index in [4.69, 9.17) is 4.74 Å². The van der Waals surface area contributed by atoms with E-state index < -0.39 is 0 Å². The van der Waals surface area contributed by atoms with Crippen molar-refractivity contribution in [2.45, 2.75) is 32.4 Å². The molecule has 1 heterocycles. The zero-order valence-corrected chi connectivity index (χ0v) is 15.7. The van der Waals surface area contributed by atoms with Crippen molar-refractivity contribution in [3.05, 3.63) is 58.9 Å². The van der Waals surface area contributed by atoms with Crippen molar-refractivity contribution in [2.75, 3.05) is 20.2 Å². The molecule has 2 aromatic carbocycles. The number of halogens is 1. The number of carbonyl (C=O) groups excluding carboxylic acids is 1. The molecule has 6 heteroatoms. The fraction of sp³-hybridized carbons (Fsp3) is 0.381. The molecule has 144 valence electrons. The first-order valence-corrected chi connectivity index (χ1v) is 9.11. The van der Waals surface area contributed by atoms with Crippen molar-refractivity contribution in [2.24, 2.45) is 0 Å². The number of methoxy groups -OCH3 is 1. The van der Waals surface area contributed by atoms with Crippen LogP contribution >= 0.6 is 0 Å². The Labute approximate surface area is 158 Å². The van der Waals surface area contributed by atoms with Gasteiger partial charge in [-0.2, -0.15) is 0 Å². The second kappa shape index (κ2) is 8.39. The maximum Gasteiger partial charge on any atom is 0.255 e. The van der Waals surface area contributed by atoms with Crippen LogP contribution in [-0.4, -0.2) is 42.2 Å². The summed E-state index contributed by atoms with van der Waals surface area (Å²) in [4.78, 5) is 14.7. The van der Waals surface area contributed by atoms with E-state index in [1.54, 1.807) is 24.3 Å². The highest BCUT2D eigenvalue weighted by molar-refractivity contribution is 5.97. The standard InChI is InChI=1S/C21H25FN2O3/c1-14-3-5-19(25)17(11-14)21(26)23-16-7-9-24(10-8-16)13-15-4-6-20(27-2)18(22)12-15/h3-6,11-12,16,25H,7-10,13H2,1-2H3,(H,23,26). The van der Waals surface area contributed by atoms with Crippen molar-refractivity contribution in [3.8, 4) is 11.5 Å². The van der Waals surface area contributed by atoms with Gasteiger partial charge in [-0.3, -0.25) is 9.69 Å². The van der Waals surface area contributed by atoms with E-state index in [0.29, 0.717) is 12.1 Å². The summed E-state index contributed by atoms with van der Waals surface area (Å²) in [5, 5.41) is 12.9. The van der Waals surface area contributed by atoms with Gasteiger partial charge < -0.3 is 15.2 Å². The van der Waals surface area contributed by atoms with Crippen molar-refractivity contribution in [1.29, 1.82) is 0 Å².